The summed E-state index contributed by atoms with van der Waals surface area (Å²) in [5.74, 6) is 0.502. The Labute approximate surface area is 94.9 Å². The maximum absolute atomic E-state index is 5.72. The van der Waals surface area contributed by atoms with Gasteiger partial charge in [-0.15, -0.1) is 5.10 Å². The SMILES string of the molecule is COc1nn(CCN2CCOCC2)cc1N. The second-order valence-electron chi connectivity index (χ2n) is 3.81. The Hall–Kier alpha value is -1.27. The molecule has 6 nitrogen and oxygen atoms in total. The van der Waals surface area contributed by atoms with Crippen LogP contribution in [0.25, 0.3) is 0 Å². The largest absolute Gasteiger partial charge is 0.478 e. The minimum absolute atomic E-state index is 0.502. The summed E-state index contributed by atoms with van der Waals surface area (Å²) in [5.41, 5.74) is 6.31. The topological polar surface area (TPSA) is 65.5 Å². The summed E-state index contributed by atoms with van der Waals surface area (Å²) >= 11 is 0. The Balaban J connectivity index is 1.83. The molecule has 1 aromatic rings. The zero-order chi connectivity index (χ0) is 11.4. The van der Waals surface area contributed by atoms with Crippen molar-refractivity contribution in [1.82, 2.24) is 14.7 Å². The molecule has 0 spiro atoms. The van der Waals surface area contributed by atoms with Gasteiger partial charge in [0.05, 0.1) is 33.1 Å². The van der Waals surface area contributed by atoms with E-state index in [0.717, 1.165) is 39.4 Å². The average molecular weight is 226 g/mol. The maximum Gasteiger partial charge on any atom is 0.255 e. The smallest absolute Gasteiger partial charge is 0.255 e. The molecule has 0 bridgehead atoms. The Morgan fingerprint density at radius 2 is 2.19 bits per heavy atom. The Morgan fingerprint density at radius 3 is 2.81 bits per heavy atom. The predicted molar refractivity (Wildman–Crippen MR) is 60.5 cm³/mol. The van der Waals surface area contributed by atoms with Crippen molar-refractivity contribution in [1.29, 1.82) is 0 Å². The lowest BCUT2D eigenvalue weighted by Gasteiger charge is -2.26. The van der Waals surface area contributed by atoms with Crippen molar-refractivity contribution in [2.24, 2.45) is 0 Å². The highest BCUT2D eigenvalue weighted by Crippen LogP contribution is 2.16. The van der Waals surface area contributed by atoms with Gasteiger partial charge in [0.2, 0.25) is 0 Å². The Morgan fingerprint density at radius 1 is 1.44 bits per heavy atom. The van der Waals surface area contributed by atoms with E-state index in [4.69, 9.17) is 15.2 Å². The highest BCUT2D eigenvalue weighted by molar-refractivity contribution is 5.45. The molecule has 2 heterocycles. The van der Waals surface area contributed by atoms with E-state index in [-0.39, 0.29) is 0 Å². The fourth-order valence-electron chi connectivity index (χ4n) is 1.76. The van der Waals surface area contributed by atoms with E-state index < -0.39 is 0 Å². The third-order valence-electron chi connectivity index (χ3n) is 2.70. The summed E-state index contributed by atoms with van der Waals surface area (Å²) in [6.07, 6.45) is 1.80. The number of hydrogen-bond donors (Lipinski definition) is 1. The molecule has 0 aromatic carbocycles. The number of aromatic nitrogens is 2. The van der Waals surface area contributed by atoms with E-state index in [1.165, 1.54) is 0 Å². The van der Waals surface area contributed by atoms with Gasteiger partial charge in [-0.05, 0) is 0 Å². The number of ether oxygens (including phenoxy) is 2. The van der Waals surface area contributed by atoms with Crippen LogP contribution in [-0.4, -0.2) is 54.6 Å². The van der Waals surface area contributed by atoms with E-state index in [9.17, 15) is 0 Å². The van der Waals surface area contributed by atoms with Crippen molar-refractivity contribution in [3.63, 3.8) is 0 Å². The molecule has 1 aliphatic rings. The van der Waals surface area contributed by atoms with Crippen molar-refractivity contribution >= 4 is 5.69 Å². The van der Waals surface area contributed by atoms with Gasteiger partial charge < -0.3 is 15.2 Å². The number of nitrogens with zero attached hydrogens (tertiary/aromatic N) is 3. The molecule has 0 unspecified atom stereocenters. The molecule has 90 valence electrons. The summed E-state index contributed by atoms with van der Waals surface area (Å²) in [6, 6.07) is 0. The quantitative estimate of drug-likeness (QED) is 0.770. The summed E-state index contributed by atoms with van der Waals surface area (Å²) in [5, 5.41) is 4.22. The van der Waals surface area contributed by atoms with Gasteiger partial charge in [0.25, 0.3) is 5.88 Å². The van der Waals surface area contributed by atoms with Crippen molar-refractivity contribution in [2.45, 2.75) is 6.54 Å². The average Bonchev–Trinajstić information content (AvgIpc) is 2.69. The van der Waals surface area contributed by atoms with Gasteiger partial charge >= 0.3 is 0 Å². The Kier molecular flexibility index (Phi) is 3.63. The number of methoxy groups -OCH3 is 1. The number of hydrogen-bond acceptors (Lipinski definition) is 5. The lowest BCUT2D eigenvalue weighted by molar-refractivity contribution is 0.0359. The van der Waals surface area contributed by atoms with Crippen LogP contribution in [-0.2, 0) is 11.3 Å². The zero-order valence-electron chi connectivity index (χ0n) is 9.56. The highest BCUT2D eigenvalue weighted by atomic mass is 16.5. The number of nitrogen functional groups attached to an aromatic ring is 1. The maximum atomic E-state index is 5.72. The fraction of sp³-hybridized carbons (Fsp3) is 0.700. The highest BCUT2D eigenvalue weighted by Gasteiger charge is 2.11. The minimum Gasteiger partial charge on any atom is -0.478 e. The van der Waals surface area contributed by atoms with Crippen LogP contribution in [0, 0.1) is 0 Å². The molecule has 2 rings (SSSR count). The molecule has 1 fully saturated rings. The van der Waals surface area contributed by atoms with E-state index in [1.807, 2.05) is 4.68 Å². The van der Waals surface area contributed by atoms with Crippen LogP contribution >= 0.6 is 0 Å². The number of morpholine rings is 1. The first-order valence-electron chi connectivity index (χ1n) is 5.46. The van der Waals surface area contributed by atoms with Gasteiger partial charge in [0.1, 0.15) is 5.69 Å². The van der Waals surface area contributed by atoms with Crippen LogP contribution in [0.5, 0.6) is 5.88 Å². The minimum atomic E-state index is 0.502. The molecule has 0 amide bonds. The normalized spacial score (nSPS) is 17.6. The van der Waals surface area contributed by atoms with Crippen molar-refractivity contribution in [3.8, 4) is 5.88 Å². The molecule has 0 aliphatic carbocycles. The van der Waals surface area contributed by atoms with Crippen LogP contribution < -0.4 is 10.5 Å². The summed E-state index contributed by atoms with van der Waals surface area (Å²) in [7, 11) is 1.57. The number of nitrogens with two attached hydrogens (primary N) is 1. The van der Waals surface area contributed by atoms with Crippen LogP contribution in [0.15, 0.2) is 6.20 Å². The first-order valence-corrected chi connectivity index (χ1v) is 5.46. The molecule has 16 heavy (non-hydrogen) atoms. The van der Waals surface area contributed by atoms with Crippen LogP contribution in [0.2, 0.25) is 0 Å². The molecule has 1 aliphatic heterocycles. The standard InChI is InChI=1S/C10H18N4O2/c1-15-10-9(11)8-14(12-10)3-2-13-4-6-16-7-5-13/h8H,2-7,11H2,1H3. The molecular weight excluding hydrogens is 208 g/mol. The monoisotopic (exact) mass is 226 g/mol. The number of rotatable bonds is 4. The van der Waals surface area contributed by atoms with E-state index >= 15 is 0 Å². The molecule has 0 saturated carbocycles. The second kappa shape index (κ2) is 5.18. The third-order valence-corrected chi connectivity index (χ3v) is 2.70. The van der Waals surface area contributed by atoms with Crippen molar-refractivity contribution in [3.05, 3.63) is 6.20 Å². The van der Waals surface area contributed by atoms with Gasteiger partial charge in [-0.2, -0.15) is 0 Å². The van der Waals surface area contributed by atoms with Crippen LogP contribution in [0.1, 0.15) is 0 Å². The van der Waals surface area contributed by atoms with Gasteiger partial charge in [0, 0.05) is 19.6 Å². The molecule has 2 N–H and O–H groups in total. The first-order chi connectivity index (χ1) is 7.79. The first kappa shape index (κ1) is 11.2. The summed E-state index contributed by atoms with van der Waals surface area (Å²) < 4.78 is 12.1. The second-order valence-corrected chi connectivity index (χ2v) is 3.81. The van der Waals surface area contributed by atoms with Crippen molar-refractivity contribution < 1.29 is 9.47 Å². The van der Waals surface area contributed by atoms with Gasteiger partial charge in [0.15, 0.2) is 0 Å². The molecule has 6 heteroatoms. The molecular formula is C10H18N4O2. The Bertz CT molecular complexity index is 334. The summed E-state index contributed by atoms with van der Waals surface area (Å²) in [4.78, 5) is 2.36. The zero-order valence-corrected chi connectivity index (χ0v) is 9.56. The van der Waals surface area contributed by atoms with Crippen LogP contribution in [0.3, 0.4) is 0 Å². The van der Waals surface area contributed by atoms with Crippen molar-refractivity contribution in [2.75, 3.05) is 45.7 Å². The predicted octanol–water partition coefficient (Wildman–Crippen LogP) is -0.194. The lowest BCUT2D eigenvalue weighted by Crippen LogP contribution is -2.38. The fourth-order valence-corrected chi connectivity index (χ4v) is 1.76. The van der Waals surface area contributed by atoms with E-state index in [0.29, 0.717) is 11.6 Å². The molecule has 1 saturated heterocycles. The van der Waals surface area contributed by atoms with E-state index in [2.05, 4.69) is 10.00 Å². The van der Waals surface area contributed by atoms with Gasteiger partial charge in [-0.1, -0.05) is 0 Å². The number of anilines is 1. The van der Waals surface area contributed by atoms with E-state index in [1.54, 1.807) is 13.3 Å². The van der Waals surface area contributed by atoms with Gasteiger partial charge in [-0.25, -0.2) is 0 Å². The molecule has 0 radical (unpaired) electrons. The molecule has 0 atom stereocenters. The third kappa shape index (κ3) is 2.65. The van der Waals surface area contributed by atoms with Crippen LogP contribution in [0.4, 0.5) is 5.69 Å². The van der Waals surface area contributed by atoms with Gasteiger partial charge in [-0.3, -0.25) is 9.58 Å². The molecule has 1 aromatic heterocycles. The lowest BCUT2D eigenvalue weighted by atomic mass is 10.4. The summed E-state index contributed by atoms with van der Waals surface area (Å²) in [6.45, 7) is 5.43.